The maximum atomic E-state index is 15.3. The topological polar surface area (TPSA) is 9.23 Å². The van der Waals surface area contributed by atoms with Crippen molar-refractivity contribution in [3.8, 4) is 39.1 Å². The molecule has 0 aromatic heterocycles. The van der Waals surface area contributed by atoms with Crippen LogP contribution in [0.5, 0.6) is 5.75 Å². The molecular formula is C43H41F5O. The molecule has 0 aliphatic rings. The molecule has 0 radical (unpaired) electrons. The lowest BCUT2D eigenvalue weighted by Crippen LogP contribution is -2.23. The fraction of sp³-hybridized carbons (Fsp3) is 0.256. The summed E-state index contributed by atoms with van der Waals surface area (Å²) in [7, 11) is 0. The van der Waals surface area contributed by atoms with Gasteiger partial charge in [0.25, 0.3) is 0 Å². The first-order valence-electron chi connectivity index (χ1n) is 16.9. The zero-order chi connectivity index (χ0) is 34.8. The summed E-state index contributed by atoms with van der Waals surface area (Å²) in [5.74, 6) is -2.59. The number of rotatable bonds is 15. The van der Waals surface area contributed by atoms with Crippen LogP contribution in [0.2, 0.25) is 0 Å². The lowest BCUT2D eigenvalue weighted by molar-refractivity contribution is -0.187. The first-order valence-corrected chi connectivity index (χ1v) is 16.9. The van der Waals surface area contributed by atoms with Gasteiger partial charge in [0.05, 0.1) is 5.56 Å². The highest BCUT2D eigenvalue weighted by Crippen LogP contribution is 2.37. The summed E-state index contributed by atoms with van der Waals surface area (Å²) in [6, 6.07) is 26.2. The van der Waals surface area contributed by atoms with E-state index >= 15 is 13.2 Å². The van der Waals surface area contributed by atoms with Gasteiger partial charge in [-0.3, -0.25) is 0 Å². The highest BCUT2D eigenvalue weighted by atomic mass is 19.3. The van der Waals surface area contributed by atoms with Gasteiger partial charge in [0.2, 0.25) is 0 Å². The Bertz CT molecular complexity index is 1860. The van der Waals surface area contributed by atoms with Crippen molar-refractivity contribution in [1.82, 2.24) is 0 Å². The summed E-state index contributed by atoms with van der Waals surface area (Å²) in [6.07, 6.45) is 8.70. The molecule has 0 heterocycles. The standard InChI is InChI=1S/C43H41F5O/c1-3-5-7-8-10-12-30-13-17-32(18-14-30)33-19-24-37(40(44)27-33)34-20-25-38(41(45)28-34)35-21-26-39(42(46)29-35)43(47,48)49-36-22-15-31(16-23-36)11-9-6-4-2/h4,6,13-29H,3,5,7-12H2,1-2H3/b6-4+. The Morgan fingerprint density at radius 1 is 0.571 bits per heavy atom. The summed E-state index contributed by atoms with van der Waals surface area (Å²) in [6.45, 7) is 4.13. The molecule has 49 heavy (non-hydrogen) atoms. The number of aryl methyl sites for hydroxylation is 2. The van der Waals surface area contributed by atoms with E-state index in [1.54, 1.807) is 24.3 Å². The second-order valence-corrected chi connectivity index (χ2v) is 12.3. The average molecular weight is 669 g/mol. The van der Waals surface area contributed by atoms with E-state index in [0.29, 0.717) is 11.1 Å². The van der Waals surface area contributed by atoms with E-state index in [9.17, 15) is 8.78 Å². The first-order chi connectivity index (χ1) is 23.7. The van der Waals surface area contributed by atoms with Crippen LogP contribution in [-0.4, -0.2) is 0 Å². The third-order valence-corrected chi connectivity index (χ3v) is 8.70. The van der Waals surface area contributed by atoms with Gasteiger partial charge in [-0.15, -0.1) is 0 Å². The Morgan fingerprint density at radius 2 is 1.10 bits per heavy atom. The van der Waals surface area contributed by atoms with Crippen molar-refractivity contribution in [2.75, 3.05) is 0 Å². The zero-order valence-corrected chi connectivity index (χ0v) is 27.9. The Hall–Kier alpha value is -4.71. The van der Waals surface area contributed by atoms with Gasteiger partial charge in [0.15, 0.2) is 0 Å². The van der Waals surface area contributed by atoms with Gasteiger partial charge in [0, 0.05) is 11.1 Å². The van der Waals surface area contributed by atoms with E-state index in [1.165, 1.54) is 67.6 Å². The molecule has 0 atom stereocenters. The van der Waals surface area contributed by atoms with Crippen LogP contribution in [-0.2, 0) is 19.0 Å². The average Bonchev–Trinajstić information content (AvgIpc) is 3.09. The van der Waals surface area contributed by atoms with Crippen molar-refractivity contribution in [3.05, 3.63) is 149 Å². The summed E-state index contributed by atoms with van der Waals surface area (Å²) < 4.78 is 80.6. The minimum atomic E-state index is -3.96. The second kappa shape index (κ2) is 16.6. The summed E-state index contributed by atoms with van der Waals surface area (Å²) in [4.78, 5) is 0. The van der Waals surface area contributed by atoms with Crippen LogP contribution >= 0.6 is 0 Å². The van der Waals surface area contributed by atoms with Crippen LogP contribution in [0.1, 0.15) is 69.1 Å². The Kier molecular flexibility index (Phi) is 12.1. The van der Waals surface area contributed by atoms with Crippen molar-refractivity contribution in [2.24, 2.45) is 0 Å². The largest absolute Gasteiger partial charge is 0.429 e. The predicted octanol–water partition coefficient (Wildman–Crippen LogP) is 13.3. The minimum Gasteiger partial charge on any atom is -0.429 e. The van der Waals surface area contributed by atoms with Gasteiger partial charge >= 0.3 is 6.11 Å². The molecule has 0 bridgehead atoms. The number of hydrogen-bond donors (Lipinski definition) is 0. The molecule has 5 rings (SSSR count). The van der Waals surface area contributed by atoms with Gasteiger partial charge in [-0.2, -0.15) is 8.78 Å². The molecule has 0 N–H and O–H groups in total. The Labute approximate surface area is 286 Å². The van der Waals surface area contributed by atoms with E-state index < -0.39 is 29.1 Å². The molecule has 254 valence electrons. The third-order valence-electron chi connectivity index (χ3n) is 8.70. The van der Waals surface area contributed by atoms with Gasteiger partial charge in [-0.25, -0.2) is 13.2 Å². The normalized spacial score (nSPS) is 11.7. The molecule has 0 unspecified atom stereocenters. The number of hydrogen-bond acceptors (Lipinski definition) is 1. The van der Waals surface area contributed by atoms with Gasteiger partial charge in [-0.05, 0) is 102 Å². The van der Waals surface area contributed by atoms with E-state index in [1.807, 2.05) is 31.2 Å². The highest BCUT2D eigenvalue weighted by molar-refractivity contribution is 5.74. The predicted molar refractivity (Wildman–Crippen MR) is 189 cm³/mol. The number of halogens is 5. The maximum Gasteiger partial charge on any atom is 0.429 e. The number of alkyl halides is 2. The number of benzene rings is 5. The van der Waals surface area contributed by atoms with Gasteiger partial charge < -0.3 is 4.74 Å². The summed E-state index contributed by atoms with van der Waals surface area (Å²) >= 11 is 0. The van der Waals surface area contributed by atoms with Crippen molar-refractivity contribution < 1.29 is 26.7 Å². The van der Waals surface area contributed by atoms with Crippen LogP contribution in [0.4, 0.5) is 22.0 Å². The highest BCUT2D eigenvalue weighted by Gasteiger charge is 2.38. The van der Waals surface area contributed by atoms with Crippen LogP contribution in [0.3, 0.4) is 0 Å². The smallest absolute Gasteiger partial charge is 0.429 e. The SMILES string of the molecule is C/C=C/CCc1ccc(OC(F)(F)c2ccc(-c3ccc(-c4ccc(-c5ccc(CCCCCCC)cc5)cc4F)cc3F)cc2F)cc1. The molecule has 5 aromatic rings. The van der Waals surface area contributed by atoms with E-state index in [0.717, 1.165) is 55.0 Å². The lowest BCUT2D eigenvalue weighted by Gasteiger charge is -2.19. The second-order valence-electron chi connectivity index (χ2n) is 12.3. The molecule has 1 nitrogen and oxygen atoms in total. The van der Waals surface area contributed by atoms with E-state index in [4.69, 9.17) is 4.74 Å². The Morgan fingerprint density at radius 3 is 1.71 bits per heavy atom. The molecule has 6 heteroatoms. The van der Waals surface area contributed by atoms with Crippen LogP contribution in [0, 0.1) is 17.5 Å². The number of allylic oxidation sites excluding steroid dienone is 2. The van der Waals surface area contributed by atoms with Gasteiger partial charge in [0.1, 0.15) is 23.2 Å². The van der Waals surface area contributed by atoms with Gasteiger partial charge in [-0.1, -0.05) is 111 Å². The molecular weight excluding hydrogens is 627 g/mol. The maximum absolute atomic E-state index is 15.3. The van der Waals surface area contributed by atoms with E-state index in [2.05, 4.69) is 19.1 Å². The van der Waals surface area contributed by atoms with Crippen LogP contribution < -0.4 is 4.74 Å². The van der Waals surface area contributed by atoms with Crippen molar-refractivity contribution in [2.45, 2.75) is 71.3 Å². The molecule has 0 amide bonds. The van der Waals surface area contributed by atoms with Crippen molar-refractivity contribution >= 4 is 0 Å². The Balaban J connectivity index is 1.26. The molecule has 5 aromatic carbocycles. The fourth-order valence-electron chi connectivity index (χ4n) is 5.90. The van der Waals surface area contributed by atoms with Crippen LogP contribution in [0.15, 0.2) is 115 Å². The van der Waals surface area contributed by atoms with Crippen molar-refractivity contribution in [3.63, 3.8) is 0 Å². The van der Waals surface area contributed by atoms with E-state index in [-0.39, 0.29) is 22.4 Å². The number of unbranched alkanes of at least 4 members (excludes halogenated alkanes) is 4. The monoisotopic (exact) mass is 668 g/mol. The number of ether oxygens (including phenoxy) is 1. The molecule has 0 spiro atoms. The lowest BCUT2D eigenvalue weighted by atomic mass is 9.96. The molecule has 0 aliphatic carbocycles. The van der Waals surface area contributed by atoms with Crippen LogP contribution in [0.25, 0.3) is 33.4 Å². The third kappa shape index (κ3) is 9.26. The quantitative estimate of drug-likeness (QED) is 0.0613. The summed E-state index contributed by atoms with van der Waals surface area (Å²) in [5.41, 5.74) is 3.40. The zero-order valence-electron chi connectivity index (χ0n) is 27.9. The first kappa shape index (κ1) is 35.6. The molecule has 0 saturated carbocycles. The fourth-order valence-corrected chi connectivity index (χ4v) is 5.90. The van der Waals surface area contributed by atoms with Crippen molar-refractivity contribution in [1.29, 1.82) is 0 Å². The minimum absolute atomic E-state index is 0.00516. The molecule has 0 fully saturated rings. The summed E-state index contributed by atoms with van der Waals surface area (Å²) in [5, 5.41) is 0. The molecule has 0 aliphatic heterocycles. The molecule has 0 saturated heterocycles.